The van der Waals surface area contributed by atoms with E-state index >= 15 is 0 Å². The number of sulfone groups is 1. The van der Waals surface area contributed by atoms with Gasteiger partial charge in [-0.3, -0.25) is 9.69 Å². The van der Waals surface area contributed by atoms with Crippen LogP contribution in [0.4, 0.5) is 23.2 Å². The summed E-state index contributed by atoms with van der Waals surface area (Å²) in [5.41, 5.74) is 3.56. The summed E-state index contributed by atoms with van der Waals surface area (Å²) >= 11 is 4.94. The van der Waals surface area contributed by atoms with E-state index in [-0.39, 0.29) is 16.1 Å². The number of thiocarbonyl (C=S) groups is 1. The van der Waals surface area contributed by atoms with Crippen molar-refractivity contribution in [3.8, 4) is 6.07 Å². The molecular formula is C24H17F4N3O3S2. The Morgan fingerprint density at radius 2 is 1.67 bits per heavy atom. The standard InChI is InChI=1S/C24H17F4N3O3S2/c25-17-7-10-19(11-8-17)36(33,34)14-20(15-4-2-1-3-5-15)22(32)31(23(30)35)18-9-6-16(13-29)21(12-18)24(26,27)28/h1-12,20H,14H2,(H2,30,35)/t20-/m0/s1. The molecule has 1 atom stereocenters. The van der Waals surface area contributed by atoms with Gasteiger partial charge in [-0.25, -0.2) is 12.8 Å². The smallest absolute Gasteiger partial charge is 0.376 e. The zero-order valence-corrected chi connectivity index (χ0v) is 19.9. The highest BCUT2D eigenvalue weighted by Gasteiger charge is 2.37. The Balaban J connectivity index is 2.12. The number of hydrogen-bond donors (Lipinski definition) is 1. The predicted molar refractivity (Wildman–Crippen MR) is 128 cm³/mol. The summed E-state index contributed by atoms with van der Waals surface area (Å²) in [6, 6.07) is 15.6. The lowest BCUT2D eigenvalue weighted by Gasteiger charge is -2.27. The Morgan fingerprint density at radius 3 is 2.19 bits per heavy atom. The second kappa shape index (κ2) is 10.4. The van der Waals surface area contributed by atoms with Crippen LogP contribution in [-0.4, -0.2) is 25.2 Å². The van der Waals surface area contributed by atoms with E-state index in [0.717, 1.165) is 36.4 Å². The number of rotatable bonds is 6. The number of nitrogens with zero attached hydrogens (tertiary/aromatic N) is 2. The fraction of sp³-hybridized carbons (Fsp3) is 0.125. The van der Waals surface area contributed by atoms with E-state index in [4.69, 9.17) is 23.2 Å². The summed E-state index contributed by atoms with van der Waals surface area (Å²) in [5, 5.41) is 8.42. The molecule has 0 aromatic heterocycles. The quantitative estimate of drug-likeness (QED) is 0.282. The van der Waals surface area contributed by atoms with Gasteiger partial charge in [0.1, 0.15) is 5.82 Å². The number of amides is 1. The first-order valence-electron chi connectivity index (χ1n) is 10.1. The molecule has 0 fully saturated rings. The number of anilines is 1. The number of nitriles is 1. The summed E-state index contributed by atoms with van der Waals surface area (Å²) in [6.07, 6.45) is -4.92. The average molecular weight is 536 g/mol. The van der Waals surface area contributed by atoms with Crippen molar-refractivity contribution in [2.75, 3.05) is 10.7 Å². The van der Waals surface area contributed by atoms with Gasteiger partial charge in [-0.15, -0.1) is 0 Å². The first-order chi connectivity index (χ1) is 16.8. The molecule has 6 nitrogen and oxygen atoms in total. The summed E-state index contributed by atoms with van der Waals surface area (Å²) in [7, 11) is -4.17. The molecule has 0 heterocycles. The third-order valence-electron chi connectivity index (χ3n) is 5.19. The van der Waals surface area contributed by atoms with Gasteiger partial charge in [-0.2, -0.15) is 18.4 Å². The molecule has 3 aromatic rings. The van der Waals surface area contributed by atoms with Gasteiger partial charge in [-0.1, -0.05) is 30.3 Å². The molecule has 12 heteroatoms. The molecule has 0 unspecified atom stereocenters. The van der Waals surface area contributed by atoms with Crippen molar-refractivity contribution in [3.63, 3.8) is 0 Å². The summed E-state index contributed by atoms with van der Waals surface area (Å²) in [4.78, 5) is 14.0. The molecule has 3 aromatic carbocycles. The molecule has 0 radical (unpaired) electrons. The van der Waals surface area contributed by atoms with Crippen LogP contribution in [0, 0.1) is 17.1 Å². The Hall–Kier alpha value is -3.82. The van der Waals surface area contributed by atoms with Crippen LogP contribution in [0.1, 0.15) is 22.6 Å². The second-order valence-corrected chi connectivity index (χ2v) is 10.0. The van der Waals surface area contributed by atoms with Crippen molar-refractivity contribution in [1.82, 2.24) is 0 Å². The van der Waals surface area contributed by atoms with Gasteiger partial charge in [0.15, 0.2) is 14.9 Å². The number of alkyl halides is 3. The molecule has 36 heavy (non-hydrogen) atoms. The molecule has 186 valence electrons. The minimum absolute atomic E-state index is 0.235. The van der Waals surface area contributed by atoms with Gasteiger partial charge >= 0.3 is 6.18 Å². The molecule has 0 aliphatic heterocycles. The number of benzene rings is 3. The van der Waals surface area contributed by atoms with Crippen LogP contribution in [0.2, 0.25) is 0 Å². The summed E-state index contributed by atoms with van der Waals surface area (Å²) in [6.45, 7) is 0. The lowest BCUT2D eigenvalue weighted by Crippen LogP contribution is -2.45. The Kier molecular flexibility index (Phi) is 7.76. The number of halogens is 4. The first-order valence-corrected chi connectivity index (χ1v) is 12.2. The number of carbonyl (C=O) groups is 1. The van der Waals surface area contributed by atoms with Crippen molar-refractivity contribution in [1.29, 1.82) is 5.26 Å². The normalized spacial score (nSPS) is 12.4. The van der Waals surface area contributed by atoms with Gasteiger partial charge in [0.05, 0.1) is 39.4 Å². The lowest BCUT2D eigenvalue weighted by molar-refractivity contribution is -0.137. The van der Waals surface area contributed by atoms with Crippen molar-refractivity contribution in [3.05, 3.63) is 95.3 Å². The van der Waals surface area contributed by atoms with Crippen LogP contribution in [0.5, 0.6) is 0 Å². The van der Waals surface area contributed by atoms with Crippen LogP contribution >= 0.6 is 12.2 Å². The molecule has 1 amide bonds. The van der Waals surface area contributed by atoms with Crippen molar-refractivity contribution < 1.29 is 30.8 Å². The summed E-state index contributed by atoms with van der Waals surface area (Å²) < 4.78 is 80.0. The van der Waals surface area contributed by atoms with Gasteiger partial charge in [-0.05, 0) is 60.2 Å². The molecular weight excluding hydrogens is 518 g/mol. The largest absolute Gasteiger partial charge is 0.417 e. The Morgan fingerprint density at radius 1 is 1.06 bits per heavy atom. The van der Waals surface area contributed by atoms with Crippen LogP contribution < -0.4 is 10.6 Å². The first kappa shape index (κ1) is 26.8. The van der Waals surface area contributed by atoms with Gasteiger partial charge in [0.25, 0.3) is 0 Å². The van der Waals surface area contributed by atoms with Crippen LogP contribution in [-0.2, 0) is 20.8 Å². The molecule has 0 aliphatic carbocycles. The van der Waals surface area contributed by atoms with Gasteiger partial charge in [0, 0.05) is 0 Å². The maximum absolute atomic E-state index is 13.7. The molecule has 3 rings (SSSR count). The fourth-order valence-corrected chi connectivity index (χ4v) is 5.19. The minimum Gasteiger partial charge on any atom is -0.376 e. The highest BCUT2D eigenvalue weighted by molar-refractivity contribution is 7.91. The maximum atomic E-state index is 13.7. The third kappa shape index (κ3) is 5.87. The highest BCUT2D eigenvalue weighted by Crippen LogP contribution is 2.35. The van der Waals surface area contributed by atoms with E-state index in [0.29, 0.717) is 11.0 Å². The van der Waals surface area contributed by atoms with Gasteiger partial charge in [0.2, 0.25) is 5.91 Å². The monoisotopic (exact) mass is 535 g/mol. The number of nitrogens with two attached hydrogens (primary N) is 1. The molecule has 0 saturated heterocycles. The van der Waals surface area contributed by atoms with Crippen LogP contribution in [0.25, 0.3) is 0 Å². The molecule has 0 aliphatic rings. The SMILES string of the molecule is N#Cc1ccc(N(C(=O)[C@@H](CS(=O)(=O)c2ccc(F)cc2)c2ccccc2)C(N)=S)cc1C(F)(F)F. The van der Waals surface area contributed by atoms with Crippen LogP contribution in [0.15, 0.2) is 77.7 Å². The Bertz CT molecular complexity index is 1440. The topological polar surface area (TPSA) is 104 Å². The zero-order valence-electron chi connectivity index (χ0n) is 18.2. The minimum atomic E-state index is -4.92. The molecule has 0 saturated carbocycles. The van der Waals surface area contributed by atoms with Crippen molar-refractivity contribution >= 4 is 38.8 Å². The second-order valence-electron chi connectivity index (χ2n) is 7.55. The van der Waals surface area contributed by atoms with Crippen LogP contribution in [0.3, 0.4) is 0 Å². The predicted octanol–water partition coefficient (Wildman–Crippen LogP) is 4.55. The fourth-order valence-electron chi connectivity index (χ4n) is 3.48. The molecule has 2 N–H and O–H groups in total. The maximum Gasteiger partial charge on any atom is 0.417 e. The van der Waals surface area contributed by atoms with E-state index in [2.05, 4.69) is 0 Å². The number of hydrogen-bond acceptors (Lipinski definition) is 5. The van der Waals surface area contributed by atoms with Crippen molar-refractivity contribution in [2.45, 2.75) is 17.0 Å². The summed E-state index contributed by atoms with van der Waals surface area (Å²) in [5.74, 6) is -3.90. The third-order valence-corrected chi connectivity index (χ3v) is 7.13. The molecule has 0 spiro atoms. The van der Waals surface area contributed by atoms with E-state index in [1.54, 1.807) is 18.2 Å². The Labute approximate surface area is 209 Å². The highest BCUT2D eigenvalue weighted by atomic mass is 32.2. The van der Waals surface area contributed by atoms with Gasteiger partial charge < -0.3 is 5.73 Å². The van der Waals surface area contributed by atoms with Crippen molar-refractivity contribution in [2.24, 2.45) is 5.73 Å². The van der Waals surface area contributed by atoms with E-state index in [9.17, 15) is 30.8 Å². The number of carbonyl (C=O) groups excluding carboxylic acids is 1. The molecule has 0 bridgehead atoms. The average Bonchev–Trinajstić information content (AvgIpc) is 2.82. The lowest BCUT2D eigenvalue weighted by atomic mass is 9.99. The van der Waals surface area contributed by atoms with E-state index in [1.807, 2.05) is 0 Å². The van der Waals surface area contributed by atoms with E-state index < -0.39 is 55.6 Å². The zero-order chi connectivity index (χ0) is 26.7. The van der Waals surface area contributed by atoms with E-state index in [1.165, 1.54) is 18.2 Å².